The highest BCUT2D eigenvalue weighted by molar-refractivity contribution is 5.86. The minimum absolute atomic E-state index is 0.295. The second kappa shape index (κ2) is 6.60. The molecule has 0 heterocycles. The van der Waals surface area contributed by atoms with Gasteiger partial charge in [-0.15, -0.1) is 0 Å². The van der Waals surface area contributed by atoms with Crippen LogP contribution in [0.4, 0.5) is 0 Å². The lowest BCUT2D eigenvalue weighted by molar-refractivity contribution is -0.140. The second-order valence-corrected chi connectivity index (χ2v) is 3.84. The summed E-state index contributed by atoms with van der Waals surface area (Å²) in [7, 11) is 2.05. The fraction of sp³-hybridized carbons (Fsp3) is 0.727. The molecule has 3 heteroatoms. The van der Waals surface area contributed by atoms with E-state index < -0.39 is 0 Å². The highest BCUT2D eigenvalue weighted by Crippen LogP contribution is 2.01. The van der Waals surface area contributed by atoms with Crippen molar-refractivity contribution < 1.29 is 9.53 Å². The summed E-state index contributed by atoms with van der Waals surface area (Å²) >= 11 is 0. The van der Waals surface area contributed by atoms with Crippen LogP contribution in [0.15, 0.2) is 12.2 Å². The molecule has 0 saturated heterocycles. The molecule has 14 heavy (non-hydrogen) atoms. The molecule has 0 aromatic carbocycles. The molecule has 1 unspecified atom stereocenters. The van der Waals surface area contributed by atoms with Crippen molar-refractivity contribution in [3.05, 3.63) is 12.2 Å². The summed E-state index contributed by atoms with van der Waals surface area (Å²) in [5, 5.41) is 0. The summed E-state index contributed by atoms with van der Waals surface area (Å²) in [6.07, 6.45) is 0. The summed E-state index contributed by atoms with van der Waals surface area (Å²) in [6.45, 7) is 11.8. The zero-order valence-corrected chi connectivity index (χ0v) is 9.67. The number of hydrogen-bond acceptors (Lipinski definition) is 3. The van der Waals surface area contributed by atoms with Gasteiger partial charge in [-0.2, -0.15) is 0 Å². The van der Waals surface area contributed by atoms with Gasteiger partial charge in [0.1, 0.15) is 0 Å². The first-order chi connectivity index (χ1) is 6.47. The van der Waals surface area contributed by atoms with Crippen molar-refractivity contribution in [1.82, 2.24) is 4.90 Å². The summed E-state index contributed by atoms with van der Waals surface area (Å²) < 4.78 is 5.05. The van der Waals surface area contributed by atoms with Gasteiger partial charge < -0.3 is 9.64 Å². The van der Waals surface area contributed by atoms with Gasteiger partial charge in [0.05, 0.1) is 6.61 Å². The first-order valence-corrected chi connectivity index (χ1v) is 4.98. The first-order valence-electron chi connectivity index (χ1n) is 4.98. The Balaban J connectivity index is 3.68. The molecule has 1 atom stereocenters. The van der Waals surface area contributed by atoms with Crippen LogP contribution >= 0.6 is 0 Å². The SMILES string of the molecule is C=C(C)C(=O)OCC(C)CN(C)CC. The van der Waals surface area contributed by atoms with Gasteiger partial charge in [-0.05, 0) is 20.5 Å². The predicted molar refractivity (Wildman–Crippen MR) is 58.1 cm³/mol. The van der Waals surface area contributed by atoms with Gasteiger partial charge >= 0.3 is 5.97 Å². The third-order valence-corrected chi connectivity index (χ3v) is 2.01. The largest absolute Gasteiger partial charge is 0.462 e. The minimum atomic E-state index is -0.295. The normalized spacial score (nSPS) is 12.6. The van der Waals surface area contributed by atoms with E-state index in [0.717, 1.165) is 13.1 Å². The Morgan fingerprint density at radius 1 is 1.57 bits per heavy atom. The Hall–Kier alpha value is -0.830. The molecule has 0 bridgehead atoms. The van der Waals surface area contributed by atoms with Crippen LogP contribution < -0.4 is 0 Å². The molecule has 0 radical (unpaired) electrons. The molecule has 0 aromatic heterocycles. The van der Waals surface area contributed by atoms with E-state index in [2.05, 4.69) is 32.4 Å². The van der Waals surface area contributed by atoms with Gasteiger partial charge in [0.25, 0.3) is 0 Å². The van der Waals surface area contributed by atoms with Crippen molar-refractivity contribution in [1.29, 1.82) is 0 Å². The van der Waals surface area contributed by atoms with Gasteiger partial charge in [0, 0.05) is 18.0 Å². The van der Waals surface area contributed by atoms with Crippen LogP contribution in [-0.2, 0) is 9.53 Å². The third-order valence-electron chi connectivity index (χ3n) is 2.01. The van der Waals surface area contributed by atoms with Gasteiger partial charge in [-0.3, -0.25) is 0 Å². The van der Waals surface area contributed by atoms with Gasteiger partial charge in [0.2, 0.25) is 0 Å². The van der Waals surface area contributed by atoms with Gasteiger partial charge in [-0.1, -0.05) is 20.4 Å². The smallest absolute Gasteiger partial charge is 0.333 e. The zero-order chi connectivity index (χ0) is 11.1. The average Bonchev–Trinajstić information content (AvgIpc) is 2.13. The number of rotatable bonds is 6. The number of carbonyl (C=O) groups excluding carboxylic acids is 1. The van der Waals surface area contributed by atoms with Crippen molar-refractivity contribution in [2.45, 2.75) is 20.8 Å². The van der Waals surface area contributed by atoms with E-state index in [1.165, 1.54) is 0 Å². The fourth-order valence-electron chi connectivity index (χ4n) is 1.06. The van der Waals surface area contributed by atoms with Crippen LogP contribution in [0.1, 0.15) is 20.8 Å². The molecule has 0 aliphatic rings. The van der Waals surface area contributed by atoms with E-state index in [0.29, 0.717) is 18.1 Å². The van der Waals surface area contributed by atoms with Crippen molar-refractivity contribution in [2.24, 2.45) is 5.92 Å². The molecule has 82 valence electrons. The molecule has 0 aliphatic heterocycles. The van der Waals surface area contributed by atoms with Crippen molar-refractivity contribution in [3.8, 4) is 0 Å². The maximum Gasteiger partial charge on any atom is 0.333 e. The number of ether oxygens (including phenoxy) is 1. The molecular weight excluding hydrogens is 178 g/mol. The van der Waals surface area contributed by atoms with Crippen molar-refractivity contribution >= 4 is 5.97 Å². The molecule has 0 N–H and O–H groups in total. The monoisotopic (exact) mass is 199 g/mol. The Labute approximate surface area is 86.7 Å². The maximum atomic E-state index is 11.1. The standard InChI is InChI=1S/C11H21NO2/c1-6-12(5)7-10(4)8-14-11(13)9(2)3/h10H,2,6-8H2,1,3-5H3. The van der Waals surface area contributed by atoms with E-state index in [9.17, 15) is 4.79 Å². The number of carbonyl (C=O) groups is 1. The summed E-state index contributed by atoms with van der Waals surface area (Å²) in [4.78, 5) is 13.3. The Morgan fingerprint density at radius 2 is 2.14 bits per heavy atom. The summed E-state index contributed by atoms with van der Waals surface area (Å²) in [6, 6.07) is 0. The third kappa shape index (κ3) is 5.75. The lowest BCUT2D eigenvalue weighted by atomic mass is 10.2. The summed E-state index contributed by atoms with van der Waals surface area (Å²) in [5.41, 5.74) is 0.459. The van der Waals surface area contributed by atoms with Gasteiger partial charge in [-0.25, -0.2) is 4.79 Å². The molecule has 0 aliphatic carbocycles. The fourth-order valence-corrected chi connectivity index (χ4v) is 1.06. The number of nitrogens with zero attached hydrogens (tertiary/aromatic N) is 1. The zero-order valence-electron chi connectivity index (χ0n) is 9.67. The molecule has 0 aromatic rings. The molecule has 0 fully saturated rings. The average molecular weight is 199 g/mol. The molecular formula is C11H21NO2. The van der Waals surface area contributed by atoms with Crippen LogP contribution in [0.3, 0.4) is 0 Å². The highest BCUT2D eigenvalue weighted by Gasteiger charge is 2.09. The van der Waals surface area contributed by atoms with E-state index in [1.54, 1.807) is 6.92 Å². The maximum absolute atomic E-state index is 11.1. The second-order valence-electron chi connectivity index (χ2n) is 3.84. The van der Waals surface area contributed by atoms with Crippen LogP contribution in [-0.4, -0.2) is 37.6 Å². The van der Waals surface area contributed by atoms with Crippen LogP contribution in [0.5, 0.6) is 0 Å². The molecule has 0 amide bonds. The van der Waals surface area contributed by atoms with Crippen LogP contribution in [0.2, 0.25) is 0 Å². The Morgan fingerprint density at radius 3 is 2.57 bits per heavy atom. The summed E-state index contributed by atoms with van der Waals surface area (Å²) in [5.74, 6) is 0.0688. The van der Waals surface area contributed by atoms with Crippen LogP contribution in [0.25, 0.3) is 0 Å². The Kier molecular flexibility index (Phi) is 6.21. The quantitative estimate of drug-likeness (QED) is 0.481. The van der Waals surface area contributed by atoms with E-state index in [1.807, 2.05) is 0 Å². The number of esters is 1. The molecule has 0 saturated carbocycles. The van der Waals surface area contributed by atoms with Crippen molar-refractivity contribution in [3.63, 3.8) is 0 Å². The van der Waals surface area contributed by atoms with Gasteiger partial charge in [0.15, 0.2) is 0 Å². The van der Waals surface area contributed by atoms with Crippen molar-refractivity contribution in [2.75, 3.05) is 26.7 Å². The van der Waals surface area contributed by atoms with E-state index in [4.69, 9.17) is 4.74 Å². The topological polar surface area (TPSA) is 29.5 Å². The van der Waals surface area contributed by atoms with Crippen LogP contribution in [0, 0.1) is 5.92 Å². The predicted octanol–water partition coefficient (Wildman–Crippen LogP) is 1.69. The molecule has 3 nitrogen and oxygen atoms in total. The first kappa shape index (κ1) is 13.2. The van der Waals surface area contributed by atoms with E-state index >= 15 is 0 Å². The number of hydrogen-bond donors (Lipinski definition) is 0. The van der Waals surface area contributed by atoms with E-state index in [-0.39, 0.29) is 5.97 Å². The molecule has 0 spiro atoms. The Bertz CT molecular complexity index is 201. The molecule has 0 rings (SSSR count). The lowest BCUT2D eigenvalue weighted by Crippen LogP contribution is -2.27. The highest BCUT2D eigenvalue weighted by atomic mass is 16.5. The lowest BCUT2D eigenvalue weighted by Gasteiger charge is -2.19. The minimum Gasteiger partial charge on any atom is -0.462 e.